The van der Waals surface area contributed by atoms with Crippen LogP contribution in [0.15, 0.2) is 0 Å². The molecule has 0 spiro atoms. The zero-order valence-corrected chi connectivity index (χ0v) is 10.7. The lowest BCUT2D eigenvalue weighted by Crippen LogP contribution is -2.45. The van der Waals surface area contributed by atoms with Crippen molar-refractivity contribution in [2.75, 3.05) is 33.4 Å². The Hall–Kier alpha value is -1.14. The highest BCUT2D eigenvalue weighted by atomic mass is 16.5. The largest absolute Gasteiger partial charge is 0.473 e. The maximum atomic E-state index is 9.10. The molecule has 2 rings (SSSR count). The Labute approximate surface area is 107 Å². The van der Waals surface area contributed by atoms with Crippen LogP contribution in [0, 0.1) is 11.8 Å². The fourth-order valence-corrected chi connectivity index (χ4v) is 2.78. The highest BCUT2D eigenvalue weighted by molar-refractivity contribution is 6.27. The fraction of sp³-hybridized carbons (Fsp3) is 0.833. The van der Waals surface area contributed by atoms with Crippen molar-refractivity contribution in [2.24, 2.45) is 11.8 Å². The highest BCUT2D eigenvalue weighted by Gasteiger charge is 2.29. The molecule has 0 radical (unpaired) electrons. The molecule has 3 atom stereocenters. The molecule has 2 saturated heterocycles. The van der Waals surface area contributed by atoms with E-state index in [1.807, 2.05) is 7.11 Å². The maximum absolute atomic E-state index is 9.10. The molecular weight excluding hydrogens is 238 g/mol. The van der Waals surface area contributed by atoms with Gasteiger partial charge in [0.25, 0.3) is 0 Å². The van der Waals surface area contributed by atoms with Crippen LogP contribution in [0.5, 0.6) is 0 Å². The van der Waals surface area contributed by atoms with Gasteiger partial charge in [0.05, 0.1) is 6.61 Å². The summed E-state index contributed by atoms with van der Waals surface area (Å²) in [5.74, 6) is -1.85. The van der Waals surface area contributed by atoms with Crippen LogP contribution in [-0.4, -0.2) is 60.4 Å². The van der Waals surface area contributed by atoms with Gasteiger partial charge < -0.3 is 19.8 Å². The quantitative estimate of drug-likeness (QED) is 0.703. The van der Waals surface area contributed by atoms with Crippen LogP contribution in [0.25, 0.3) is 0 Å². The molecule has 0 aliphatic carbocycles. The number of aliphatic carboxylic acids is 2. The van der Waals surface area contributed by atoms with Gasteiger partial charge in [0.1, 0.15) is 0 Å². The lowest BCUT2D eigenvalue weighted by Gasteiger charge is -2.41. The van der Waals surface area contributed by atoms with E-state index in [9.17, 15) is 0 Å². The predicted molar refractivity (Wildman–Crippen MR) is 64.4 cm³/mol. The van der Waals surface area contributed by atoms with Crippen molar-refractivity contribution in [3.63, 3.8) is 0 Å². The summed E-state index contributed by atoms with van der Waals surface area (Å²) < 4.78 is 5.22. The monoisotopic (exact) mass is 259 g/mol. The van der Waals surface area contributed by atoms with Crippen LogP contribution < -0.4 is 0 Å². The highest BCUT2D eigenvalue weighted by Crippen LogP contribution is 2.29. The van der Waals surface area contributed by atoms with E-state index in [1.165, 1.54) is 38.9 Å². The van der Waals surface area contributed by atoms with E-state index in [0.29, 0.717) is 0 Å². The average Bonchev–Trinajstić information content (AvgIpc) is 2.29. The molecule has 2 bridgehead atoms. The number of methoxy groups -OCH3 is 1. The molecule has 0 saturated carbocycles. The molecule has 2 N–H and O–H groups in total. The van der Waals surface area contributed by atoms with Gasteiger partial charge in [-0.3, -0.25) is 0 Å². The van der Waals surface area contributed by atoms with Crippen molar-refractivity contribution < 1.29 is 24.5 Å². The minimum absolute atomic E-state index is 0.814. The van der Waals surface area contributed by atoms with E-state index in [-0.39, 0.29) is 0 Å². The van der Waals surface area contributed by atoms with Crippen molar-refractivity contribution in [1.29, 1.82) is 0 Å². The first-order valence-corrected chi connectivity index (χ1v) is 6.20. The second-order valence-electron chi connectivity index (χ2n) is 4.94. The lowest BCUT2D eigenvalue weighted by atomic mass is 9.84. The van der Waals surface area contributed by atoms with E-state index in [4.69, 9.17) is 24.5 Å². The molecule has 2 fully saturated rings. The number of carboxylic acid groups (broad SMARTS) is 2. The molecule has 0 aromatic carbocycles. The average molecular weight is 259 g/mol. The van der Waals surface area contributed by atoms with Gasteiger partial charge in [-0.05, 0) is 37.6 Å². The number of hydrogen-bond donors (Lipinski definition) is 2. The van der Waals surface area contributed by atoms with Crippen LogP contribution in [0.4, 0.5) is 0 Å². The lowest BCUT2D eigenvalue weighted by molar-refractivity contribution is -0.159. The summed E-state index contributed by atoms with van der Waals surface area (Å²) in [6, 6.07) is 0. The topological polar surface area (TPSA) is 87.1 Å². The molecule has 2 aliphatic heterocycles. The van der Waals surface area contributed by atoms with E-state index in [2.05, 4.69) is 4.90 Å². The van der Waals surface area contributed by atoms with Crippen LogP contribution in [0.1, 0.15) is 19.3 Å². The summed E-state index contributed by atoms with van der Waals surface area (Å²) >= 11 is 0. The summed E-state index contributed by atoms with van der Waals surface area (Å²) in [7, 11) is 1.82. The summed E-state index contributed by atoms with van der Waals surface area (Å²) in [5, 5.41) is 14.8. The fourth-order valence-electron chi connectivity index (χ4n) is 2.78. The van der Waals surface area contributed by atoms with Crippen LogP contribution in [0.2, 0.25) is 0 Å². The molecule has 3 unspecified atom stereocenters. The Morgan fingerprint density at radius 1 is 1.28 bits per heavy atom. The number of piperidine rings is 2. The molecule has 18 heavy (non-hydrogen) atoms. The molecule has 6 nitrogen and oxygen atoms in total. The van der Waals surface area contributed by atoms with Crippen molar-refractivity contribution in [3.05, 3.63) is 0 Å². The minimum atomic E-state index is -1.82. The van der Waals surface area contributed by atoms with Crippen molar-refractivity contribution in [1.82, 2.24) is 4.90 Å². The van der Waals surface area contributed by atoms with Gasteiger partial charge in [0.2, 0.25) is 0 Å². The number of fused-ring (bicyclic) bond motifs is 2. The Morgan fingerprint density at radius 2 is 1.94 bits per heavy atom. The van der Waals surface area contributed by atoms with Crippen LogP contribution >= 0.6 is 0 Å². The Kier molecular flexibility index (Phi) is 6.07. The van der Waals surface area contributed by atoms with Crippen LogP contribution in [0.3, 0.4) is 0 Å². The number of hydrogen-bond acceptors (Lipinski definition) is 4. The van der Waals surface area contributed by atoms with E-state index < -0.39 is 11.9 Å². The maximum Gasteiger partial charge on any atom is 0.414 e. The van der Waals surface area contributed by atoms with Crippen molar-refractivity contribution in [2.45, 2.75) is 19.3 Å². The van der Waals surface area contributed by atoms with Crippen LogP contribution in [-0.2, 0) is 14.3 Å². The summed E-state index contributed by atoms with van der Waals surface area (Å²) in [6.45, 7) is 4.94. The number of ether oxygens (including phenoxy) is 1. The van der Waals surface area contributed by atoms with Gasteiger partial charge in [0.15, 0.2) is 0 Å². The zero-order chi connectivity index (χ0) is 13.5. The van der Waals surface area contributed by atoms with E-state index in [1.54, 1.807) is 0 Å². The molecular formula is C12H21NO5. The molecule has 0 aromatic heterocycles. The standard InChI is InChI=1S/C10H19NO.C2H2O4/c1-12-8-10-5-9-3-2-4-11(6-9)7-10;3-1(4)2(5)6/h9-10H,2-8H2,1H3;(H,3,4)(H,5,6). The molecule has 6 heteroatoms. The third-order valence-electron chi connectivity index (χ3n) is 3.37. The van der Waals surface area contributed by atoms with E-state index >= 15 is 0 Å². The van der Waals surface area contributed by atoms with E-state index in [0.717, 1.165) is 18.4 Å². The number of nitrogens with zero attached hydrogens (tertiary/aromatic N) is 1. The first kappa shape index (κ1) is 14.9. The zero-order valence-electron chi connectivity index (χ0n) is 10.7. The third kappa shape index (κ3) is 5.01. The molecule has 0 amide bonds. The van der Waals surface area contributed by atoms with Gasteiger partial charge in [-0.15, -0.1) is 0 Å². The number of carboxylic acids is 2. The molecule has 2 aliphatic rings. The molecule has 2 heterocycles. The normalized spacial score (nSPS) is 29.9. The Morgan fingerprint density at radius 3 is 2.44 bits per heavy atom. The smallest absolute Gasteiger partial charge is 0.414 e. The van der Waals surface area contributed by atoms with Crippen molar-refractivity contribution in [3.8, 4) is 0 Å². The van der Waals surface area contributed by atoms with Gasteiger partial charge in [0, 0.05) is 20.2 Å². The second kappa shape index (κ2) is 7.33. The summed E-state index contributed by atoms with van der Waals surface area (Å²) in [4.78, 5) is 20.8. The SMILES string of the molecule is COCC1CC2CCCN(C2)C1.O=C(O)C(=O)O. The van der Waals surface area contributed by atoms with Gasteiger partial charge in [-0.25, -0.2) is 9.59 Å². The minimum Gasteiger partial charge on any atom is -0.473 e. The number of rotatable bonds is 2. The van der Waals surface area contributed by atoms with Gasteiger partial charge in [-0.1, -0.05) is 0 Å². The first-order valence-electron chi connectivity index (χ1n) is 6.20. The Balaban J connectivity index is 0.000000232. The summed E-state index contributed by atoms with van der Waals surface area (Å²) in [5.41, 5.74) is 0. The second-order valence-corrected chi connectivity index (χ2v) is 4.94. The summed E-state index contributed by atoms with van der Waals surface area (Å²) in [6.07, 6.45) is 4.28. The third-order valence-corrected chi connectivity index (χ3v) is 3.37. The first-order chi connectivity index (χ1) is 8.52. The molecule has 104 valence electrons. The van der Waals surface area contributed by atoms with Gasteiger partial charge in [-0.2, -0.15) is 0 Å². The molecule has 0 aromatic rings. The Bertz CT molecular complexity index is 270. The van der Waals surface area contributed by atoms with Crippen molar-refractivity contribution >= 4 is 11.9 Å². The van der Waals surface area contributed by atoms with Gasteiger partial charge >= 0.3 is 11.9 Å². The predicted octanol–water partition coefficient (Wildman–Crippen LogP) is 0.520. The number of carbonyl (C=O) groups is 2.